The SMILES string of the molecule is C=CC1NC(C)=CN1C=C.CC. The molecule has 1 rings (SSSR count). The molecule has 12 heavy (non-hydrogen) atoms. The van der Waals surface area contributed by atoms with E-state index in [0.717, 1.165) is 5.70 Å². The summed E-state index contributed by atoms with van der Waals surface area (Å²) in [5.41, 5.74) is 1.14. The van der Waals surface area contributed by atoms with Crippen LogP contribution in [0.5, 0.6) is 0 Å². The molecule has 2 nitrogen and oxygen atoms in total. The van der Waals surface area contributed by atoms with E-state index in [1.807, 2.05) is 37.9 Å². The van der Waals surface area contributed by atoms with Gasteiger partial charge in [0.25, 0.3) is 0 Å². The second-order valence-corrected chi connectivity index (χ2v) is 2.27. The molecule has 0 saturated heterocycles. The quantitative estimate of drug-likeness (QED) is 0.634. The highest BCUT2D eigenvalue weighted by Gasteiger charge is 2.14. The number of nitrogens with one attached hydrogen (secondary N) is 1. The van der Waals surface area contributed by atoms with E-state index >= 15 is 0 Å². The van der Waals surface area contributed by atoms with E-state index in [0.29, 0.717) is 0 Å². The Balaban J connectivity index is 0.000000561. The molecular weight excluding hydrogens is 148 g/mol. The van der Waals surface area contributed by atoms with Crippen molar-refractivity contribution in [2.45, 2.75) is 26.9 Å². The minimum absolute atomic E-state index is 0.192. The normalized spacial score (nSPS) is 20.1. The predicted octanol–water partition coefficient (Wildman–Crippen LogP) is 2.43. The van der Waals surface area contributed by atoms with E-state index in [1.165, 1.54) is 0 Å². The highest BCUT2D eigenvalue weighted by molar-refractivity contribution is 5.12. The van der Waals surface area contributed by atoms with E-state index in [2.05, 4.69) is 18.5 Å². The van der Waals surface area contributed by atoms with E-state index in [1.54, 1.807) is 6.20 Å². The Kier molecular flexibility index (Phi) is 4.93. The Morgan fingerprint density at radius 2 is 2.08 bits per heavy atom. The summed E-state index contributed by atoms with van der Waals surface area (Å²) in [4.78, 5) is 1.97. The molecule has 1 atom stereocenters. The average molecular weight is 166 g/mol. The topological polar surface area (TPSA) is 15.3 Å². The predicted molar refractivity (Wildman–Crippen MR) is 54.3 cm³/mol. The molecule has 1 aliphatic heterocycles. The number of allylic oxidation sites excluding steroid dienone is 1. The van der Waals surface area contributed by atoms with Crippen LogP contribution in [-0.2, 0) is 0 Å². The van der Waals surface area contributed by atoms with Crippen LogP contribution in [0.4, 0.5) is 0 Å². The minimum Gasteiger partial charge on any atom is -0.364 e. The fourth-order valence-corrected chi connectivity index (χ4v) is 0.996. The van der Waals surface area contributed by atoms with E-state index in [9.17, 15) is 0 Å². The second-order valence-electron chi connectivity index (χ2n) is 2.27. The summed E-state index contributed by atoms with van der Waals surface area (Å²) in [5, 5.41) is 3.20. The van der Waals surface area contributed by atoms with Crippen LogP contribution in [0, 0.1) is 0 Å². The van der Waals surface area contributed by atoms with E-state index in [4.69, 9.17) is 0 Å². The van der Waals surface area contributed by atoms with Gasteiger partial charge in [-0.3, -0.25) is 0 Å². The summed E-state index contributed by atoms with van der Waals surface area (Å²) in [6, 6.07) is 0. The van der Waals surface area contributed by atoms with Crippen LogP contribution in [0.25, 0.3) is 0 Å². The molecule has 0 radical (unpaired) electrons. The largest absolute Gasteiger partial charge is 0.364 e. The van der Waals surface area contributed by atoms with Gasteiger partial charge in [0.15, 0.2) is 0 Å². The van der Waals surface area contributed by atoms with E-state index < -0.39 is 0 Å². The summed E-state index contributed by atoms with van der Waals surface area (Å²) >= 11 is 0. The first-order chi connectivity index (χ1) is 5.77. The molecule has 0 fully saturated rings. The Labute approximate surface area is 75.3 Å². The summed E-state index contributed by atoms with van der Waals surface area (Å²) in [6.45, 7) is 13.4. The fraction of sp³-hybridized carbons (Fsp3) is 0.400. The van der Waals surface area contributed by atoms with Crippen LogP contribution < -0.4 is 5.32 Å². The van der Waals surface area contributed by atoms with Crippen molar-refractivity contribution >= 4 is 0 Å². The molecule has 0 aromatic carbocycles. The third-order valence-corrected chi connectivity index (χ3v) is 1.47. The van der Waals surface area contributed by atoms with Crippen molar-refractivity contribution in [1.82, 2.24) is 10.2 Å². The van der Waals surface area contributed by atoms with Crippen LogP contribution in [0.1, 0.15) is 20.8 Å². The molecule has 1 N–H and O–H groups in total. The first-order valence-corrected chi connectivity index (χ1v) is 4.25. The molecular formula is C10H18N2. The lowest BCUT2D eigenvalue weighted by Crippen LogP contribution is -2.29. The zero-order valence-corrected chi connectivity index (χ0v) is 8.17. The summed E-state index contributed by atoms with van der Waals surface area (Å²) < 4.78 is 0. The molecule has 2 heteroatoms. The van der Waals surface area contributed by atoms with Crippen LogP contribution in [0.2, 0.25) is 0 Å². The molecule has 1 unspecified atom stereocenters. The Bertz CT molecular complexity index is 182. The van der Waals surface area contributed by atoms with Gasteiger partial charge in [-0.1, -0.05) is 27.0 Å². The zero-order chi connectivity index (χ0) is 9.56. The lowest BCUT2D eigenvalue weighted by Gasteiger charge is -2.17. The van der Waals surface area contributed by atoms with Gasteiger partial charge in [-0.15, -0.1) is 0 Å². The van der Waals surface area contributed by atoms with Crippen LogP contribution in [0.3, 0.4) is 0 Å². The first kappa shape index (κ1) is 10.8. The maximum Gasteiger partial charge on any atom is 0.121 e. The third-order valence-electron chi connectivity index (χ3n) is 1.47. The number of nitrogens with zero attached hydrogens (tertiary/aromatic N) is 1. The van der Waals surface area contributed by atoms with Gasteiger partial charge in [-0.2, -0.15) is 0 Å². The minimum atomic E-state index is 0.192. The van der Waals surface area contributed by atoms with Gasteiger partial charge in [0.2, 0.25) is 0 Å². The molecule has 0 spiro atoms. The average Bonchev–Trinajstić information content (AvgIpc) is 2.49. The fourth-order valence-electron chi connectivity index (χ4n) is 0.996. The van der Waals surface area contributed by atoms with Crippen molar-refractivity contribution in [3.8, 4) is 0 Å². The van der Waals surface area contributed by atoms with E-state index in [-0.39, 0.29) is 6.17 Å². The van der Waals surface area contributed by atoms with Crippen molar-refractivity contribution in [3.05, 3.63) is 37.3 Å². The molecule has 1 heterocycles. The zero-order valence-electron chi connectivity index (χ0n) is 8.17. The number of hydrogen-bond donors (Lipinski definition) is 1. The maximum absolute atomic E-state index is 3.69. The lowest BCUT2D eigenvalue weighted by atomic mass is 10.4. The molecule has 0 bridgehead atoms. The van der Waals surface area contributed by atoms with Gasteiger partial charge in [-0.05, 0) is 19.2 Å². The van der Waals surface area contributed by atoms with Gasteiger partial charge in [-0.25, -0.2) is 0 Å². The molecule has 0 aromatic heterocycles. The third kappa shape index (κ3) is 2.46. The van der Waals surface area contributed by atoms with Crippen molar-refractivity contribution in [2.24, 2.45) is 0 Å². The van der Waals surface area contributed by atoms with Crippen molar-refractivity contribution < 1.29 is 0 Å². The summed E-state index contributed by atoms with van der Waals surface area (Å²) in [6.07, 6.45) is 5.81. The molecule has 0 saturated carbocycles. The maximum atomic E-state index is 3.69. The van der Waals surface area contributed by atoms with Crippen molar-refractivity contribution in [3.63, 3.8) is 0 Å². The Morgan fingerprint density at radius 3 is 2.42 bits per heavy atom. The molecule has 0 aliphatic carbocycles. The standard InChI is InChI=1S/C8H12N2.C2H6/c1-4-8-9-7(3)6-10(8)5-2;1-2/h4-6,8-9H,1-2H2,3H3;1-2H3. The van der Waals surface area contributed by atoms with Gasteiger partial charge in [0.05, 0.1) is 0 Å². The van der Waals surface area contributed by atoms with Crippen molar-refractivity contribution in [2.75, 3.05) is 0 Å². The van der Waals surface area contributed by atoms with Crippen LogP contribution in [-0.4, -0.2) is 11.1 Å². The Hall–Kier alpha value is -1.18. The smallest absolute Gasteiger partial charge is 0.121 e. The second kappa shape index (κ2) is 5.47. The number of hydrogen-bond acceptors (Lipinski definition) is 2. The van der Waals surface area contributed by atoms with Gasteiger partial charge in [0, 0.05) is 11.9 Å². The monoisotopic (exact) mass is 166 g/mol. The molecule has 0 amide bonds. The molecule has 1 aliphatic rings. The van der Waals surface area contributed by atoms with Crippen molar-refractivity contribution in [1.29, 1.82) is 0 Å². The summed E-state index contributed by atoms with van der Waals surface area (Å²) in [7, 11) is 0. The number of rotatable bonds is 2. The van der Waals surface area contributed by atoms with Gasteiger partial charge >= 0.3 is 0 Å². The van der Waals surface area contributed by atoms with Gasteiger partial charge in [0.1, 0.15) is 6.17 Å². The molecule has 0 aromatic rings. The Morgan fingerprint density at radius 1 is 1.50 bits per heavy atom. The van der Waals surface area contributed by atoms with Crippen LogP contribution >= 0.6 is 0 Å². The highest BCUT2D eigenvalue weighted by Crippen LogP contribution is 2.10. The first-order valence-electron chi connectivity index (χ1n) is 4.25. The van der Waals surface area contributed by atoms with Crippen LogP contribution in [0.15, 0.2) is 37.3 Å². The van der Waals surface area contributed by atoms with Gasteiger partial charge < -0.3 is 10.2 Å². The highest BCUT2D eigenvalue weighted by atomic mass is 15.3. The molecule has 68 valence electrons. The summed E-state index contributed by atoms with van der Waals surface area (Å²) in [5.74, 6) is 0. The lowest BCUT2D eigenvalue weighted by molar-refractivity contribution is 0.431.